The molecule has 0 aromatic carbocycles. The van der Waals surface area contributed by atoms with E-state index in [1.54, 1.807) is 0 Å². The van der Waals surface area contributed by atoms with Crippen molar-refractivity contribution in [2.24, 2.45) is 0 Å². The first-order valence-corrected chi connectivity index (χ1v) is 10.1. The molecule has 0 radical (unpaired) electrons. The molecule has 1 fully saturated rings. The quantitative estimate of drug-likeness (QED) is 0.217. The Kier molecular flexibility index (Phi) is 8.22. The van der Waals surface area contributed by atoms with Crippen LogP contribution >= 0.6 is 15.6 Å². The molecular formula is C10H19N3O12P2. The number of aliphatic hydroxyl groups excluding tert-OH is 3. The number of rotatable bonds is 5. The highest BCUT2D eigenvalue weighted by Gasteiger charge is 2.35. The summed E-state index contributed by atoms with van der Waals surface area (Å²) in [6.45, 7) is -0.681. The summed E-state index contributed by atoms with van der Waals surface area (Å²) in [4.78, 5) is 46.2. The first kappa shape index (κ1) is 23.8. The topological polar surface area (TPSA) is 255 Å². The van der Waals surface area contributed by atoms with Crippen LogP contribution in [0.3, 0.4) is 0 Å². The zero-order valence-corrected chi connectivity index (χ0v) is 15.3. The second-order valence-electron chi connectivity index (χ2n) is 5.18. The summed E-state index contributed by atoms with van der Waals surface area (Å²) in [5.41, 5.74) is 5.15. The van der Waals surface area contributed by atoms with Gasteiger partial charge in [-0.25, -0.2) is 13.9 Å². The fourth-order valence-electron chi connectivity index (χ4n) is 2.04. The minimum atomic E-state index is -5.05. The lowest BCUT2D eigenvalue weighted by atomic mass is 10.2. The fourth-order valence-corrected chi connectivity index (χ4v) is 3.15. The minimum Gasteiger partial charge on any atom is -0.394 e. The molecule has 17 heteroatoms. The van der Waals surface area contributed by atoms with Crippen LogP contribution in [-0.2, 0) is 24.8 Å². The SMILES string of the molecule is Nc1nc(=O)n([C@H]2C[C@H](O)[C@@H](CO)O2)cc1CO.O=P(O)(O)OP(=O)(O)O. The number of anilines is 1. The molecule has 2 rings (SSSR count). The number of nitrogen functional groups attached to an aromatic ring is 1. The molecule has 3 atom stereocenters. The Morgan fingerprint density at radius 1 is 1.26 bits per heavy atom. The first-order valence-electron chi connectivity index (χ1n) is 7.02. The molecule has 0 amide bonds. The van der Waals surface area contributed by atoms with Crippen LogP contribution in [0.5, 0.6) is 0 Å². The van der Waals surface area contributed by atoms with Crippen LogP contribution in [-0.4, -0.2) is 63.3 Å². The van der Waals surface area contributed by atoms with Crippen molar-refractivity contribution < 1.29 is 53.1 Å². The molecule has 2 heterocycles. The molecule has 1 saturated heterocycles. The average molecular weight is 435 g/mol. The maximum Gasteiger partial charge on any atom is 0.478 e. The van der Waals surface area contributed by atoms with E-state index in [4.69, 9.17) is 40.3 Å². The zero-order chi connectivity index (χ0) is 21.0. The van der Waals surface area contributed by atoms with Crippen molar-refractivity contribution in [3.8, 4) is 0 Å². The van der Waals surface area contributed by atoms with Gasteiger partial charge >= 0.3 is 21.3 Å². The largest absolute Gasteiger partial charge is 0.478 e. The van der Waals surface area contributed by atoms with E-state index < -0.39 is 39.8 Å². The van der Waals surface area contributed by atoms with Gasteiger partial charge in [-0.2, -0.15) is 9.29 Å². The molecule has 1 aliphatic rings. The van der Waals surface area contributed by atoms with Crippen LogP contribution in [0.2, 0.25) is 0 Å². The summed E-state index contributed by atoms with van der Waals surface area (Å²) < 4.78 is 28.7. The number of nitrogens with two attached hydrogens (primary N) is 1. The minimum absolute atomic E-state index is 0.0315. The Morgan fingerprint density at radius 2 is 1.81 bits per heavy atom. The van der Waals surface area contributed by atoms with E-state index in [1.165, 1.54) is 6.20 Å². The maximum atomic E-state index is 11.7. The van der Waals surface area contributed by atoms with Crippen molar-refractivity contribution in [3.63, 3.8) is 0 Å². The normalized spacial score (nSPS) is 23.0. The molecule has 0 saturated carbocycles. The Balaban J connectivity index is 0.000000345. The number of aliphatic hydroxyl groups is 3. The van der Waals surface area contributed by atoms with E-state index in [0.717, 1.165) is 4.57 Å². The number of phosphoric acid groups is 2. The van der Waals surface area contributed by atoms with Gasteiger partial charge in [-0.15, -0.1) is 0 Å². The number of ether oxygens (including phenoxy) is 1. The Bertz CT molecular complexity index is 768. The van der Waals surface area contributed by atoms with Crippen molar-refractivity contribution in [1.29, 1.82) is 0 Å². The van der Waals surface area contributed by atoms with E-state index in [1.807, 2.05) is 0 Å². The van der Waals surface area contributed by atoms with Crippen LogP contribution in [0.25, 0.3) is 0 Å². The van der Waals surface area contributed by atoms with Gasteiger partial charge in [0.1, 0.15) is 18.1 Å². The Labute approximate surface area is 151 Å². The predicted molar refractivity (Wildman–Crippen MR) is 85.6 cm³/mol. The Morgan fingerprint density at radius 3 is 2.19 bits per heavy atom. The van der Waals surface area contributed by atoms with Gasteiger partial charge < -0.3 is 45.4 Å². The lowest BCUT2D eigenvalue weighted by Gasteiger charge is -2.15. The van der Waals surface area contributed by atoms with E-state index >= 15 is 0 Å². The van der Waals surface area contributed by atoms with Crippen LogP contribution in [0.15, 0.2) is 11.0 Å². The molecule has 156 valence electrons. The summed E-state index contributed by atoms with van der Waals surface area (Å²) in [6.07, 6.45) is -0.772. The fraction of sp³-hybridized carbons (Fsp3) is 0.600. The summed E-state index contributed by atoms with van der Waals surface area (Å²) in [5, 5.41) is 27.6. The highest BCUT2D eigenvalue weighted by Crippen LogP contribution is 2.53. The summed E-state index contributed by atoms with van der Waals surface area (Å²) in [6, 6.07) is 0. The molecule has 15 nitrogen and oxygen atoms in total. The summed E-state index contributed by atoms with van der Waals surface area (Å²) >= 11 is 0. The van der Waals surface area contributed by atoms with Gasteiger partial charge in [-0.05, 0) is 0 Å². The van der Waals surface area contributed by atoms with Crippen LogP contribution < -0.4 is 11.4 Å². The monoisotopic (exact) mass is 435 g/mol. The van der Waals surface area contributed by atoms with E-state index in [2.05, 4.69) is 9.29 Å². The molecular weight excluding hydrogens is 416 g/mol. The molecule has 1 aromatic rings. The number of aromatic nitrogens is 2. The van der Waals surface area contributed by atoms with Crippen molar-refractivity contribution in [1.82, 2.24) is 9.55 Å². The van der Waals surface area contributed by atoms with Gasteiger partial charge in [0.15, 0.2) is 0 Å². The van der Waals surface area contributed by atoms with Gasteiger partial charge in [0.2, 0.25) is 0 Å². The van der Waals surface area contributed by atoms with Crippen LogP contribution in [0.1, 0.15) is 18.2 Å². The van der Waals surface area contributed by atoms with Crippen LogP contribution in [0.4, 0.5) is 5.82 Å². The van der Waals surface area contributed by atoms with Crippen molar-refractivity contribution >= 4 is 21.5 Å². The number of hydrogen-bond donors (Lipinski definition) is 8. The third kappa shape index (κ3) is 7.73. The molecule has 27 heavy (non-hydrogen) atoms. The molecule has 0 spiro atoms. The van der Waals surface area contributed by atoms with E-state index in [-0.39, 0.29) is 25.5 Å². The molecule has 9 N–H and O–H groups in total. The highest BCUT2D eigenvalue weighted by atomic mass is 31.3. The van der Waals surface area contributed by atoms with Crippen molar-refractivity contribution in [3.05, 3.63) is 22.2 Å². The van der Waals surface area contributed by atoms with Crippen LogP contribution in [0, 0.1) is 0 Å². The van der Waals surface area contributed by atoms with Gasteiger partial charge in [0.25, 0.3) is 0 Å². The molecule has 0 unspecified atom stereocenters. The second-order valence-corrected chi connectivity index (χ2v) is 7.79. The third-order valence-corrected chi connectivity index (χ3v) is 4.84. The van der Waals surface area contributed by atoms with Crippen molar-refractivity contribution in [2.45, 2.75) is 31.5 Å². The predicted octanol–water partition coefficient (Wildman–Crippen LogP) is -2.85. The van der Waals surface area contributed by atoms with Gasteiger partial charge in [-0.1, -0.05) is 0 Å². The smallest absolute Gasteiger partial charge is 0.394 e. The van der Waals surface area contributed by atoms with E-state index in [0.29, 0.717) is 5.56 Å². The summed E-state index contributed by atoms with van der Waals surface area (Å²) in [7, 11) is -10.1. The first-order chi connectivity index (χ1) is 12.3. The standard InChI is InChI=1S/C10H15N3O5.H4O7P2/c11-9-5(3-14)2-13(10(17)12-9)8-1-6(16)7(4-15)18-8;1-8(2,3)7-9(4,5)6/h2,6-8,14-16H,1,3-4H2,(H2,11,12,17);(H2,1,2,3)(H2,4,5,6)/t6-,7+,8+;/m0./s1. The van der Waals surface area contributed by atoms with Crippen molar-refractivity contribution in [2.75, 3.05) is 12.3 Å². The Hall–Kier alpha value is -1.22. The third-order valence-electron chi connectivity index (χ3n) is 3.14. The van der Waals surface area contributed by atoms with Gasteiger partial charge in [0.05, 0.1) is 19.3 Å². The van der Waals surface area contributed by atoms with Gasteiger partial charge in [0, 0.05) is 18.2 Å². The molecule has 0 aliphatic carbocycles. The molecule has 1 aliphatic heterocycles. The average Bonchev–Trinajstić information content (AvgIpc) is 2.85. The highest BCUT2D eigenvalue weighted by molar-refractivity contribution is 7.60. The zero-order valence-electron chi connectivity index (χ0n) is 13.5. The lowest BCUT2D eigenvalue weighted by molar-refractivity contribution is -0.0459. The van der Waals surface area contributed by atoms with E-state index in [9.17, 15) is 19.0 Å². The van der Waals surface area contributed by atoms with Gasteiger partial charge in [-0.3, -0.25) is 4.57 Å². The number of hydrogen-bond acceptors (Lipinski definition) is 10. The number of nitrogens with zero attached hydrogens (tertiary/aromatic N) is 2. The lowest BCUT2D eigenvalue weighted by Crippen LogP contribution is -2.29. The molecule has 0 bridgehead atoms. The summed E-state index contributed by atoms with van der Waals surface area (Å²) in [5.74, 6) is -0.0315. The maximum absolute atomic E-state index is 11.7. The molecule has 1 aromatic heterocycles. The second kappa shape index (κ2) is 9.32.